The molecule has 0 atom stereocenters. The Balaban J connectivity index is 2.21. The number of hydrogen-bond acceptors (Lipinski definition) is 5. The Morgan fingerprint density at radius 1 is 1.30 bits per heavy atom. The first-order valence-electron chi connectivity index (χ1n) is 6.02. The highest BCUT2D eigenvalue weighted by atomic mass is 16.7. The molecule has 106 valence electrons. The molecule has 1 aromatic carbocycles. The highest BCUT2D eigenvalue weighted by molar-refractivity contribution is 5.96. The van der Waals surface area contributed by atoms with Crippen molar-refractivity contribution >= 4 is 16.9 Å². The van der Waals surface area contributed by atoms with Crippen molar-refractivity contribution in [3.63, 3.8) is 0 Å². The van der Waals surface area contributed by atoms with Crippen molar-refractivity contribution in [2.75, 3.05) is 20.8 Å². The lowest BCUT2D eigenvalue weighted by Crippen LogP contribution is -2.36. The molecule has 6 nitrogen and oxygen atoms in total. The highest BCUT2D eigenvalue weighted by Crippen LogP contribution is 2.12. The second-order valence-electron chi connectivity index (χ2n) is 4.10. The Bertz CT molecular complexity index is 660. The molecule has 0 aliphatic carbocycles. The van der Waals surface area contributed by atoms with Crippen LogP contribution in [0.2, 0.25) is 0 Å². The monoisotopic (exact) mass is 277 g/mol. The number of carbonyl (C=O) groups is 1. The summed E-state index contributed by atoms with van der Waals surface area (Å²) in [5.74, 6) is -0.524. The van der Waals surface area contributed by atoms with Gasteiger partial charge in [-0.05, 0) is 12.1 Å². The van der Waals surface area contributed by atoms with Crippen LogP contribution in [0.5, 0.6) is 0 Å². The minimum absolute atomic E-state index is 0.0466. The van der Waals surface area contributed by atoms with Crippen molar-refractivity contribution in [1.82, 2.24) is 5.32 Å². The van der Waals surface area contributed by atoms with Crippen LogP contribution in [0.25, 0.3) is 11.0 Å². The molecular weight excluding hydrogens is 262 g/mol. The van der Waals surface area contributed by atoms with Crippen LogP contribution in [0.1, 0.15) is 10.4 Å². The summed E-state index contributed by atoms with van der Waals surface area (Å²) in [6, 6.07) is 8.50. The van der Waals surface area contributed by atoms with Crippen LogP contribution in [-0.4, -0.2) is 33.0 Å². The lowest BCUT2D eigenvalue weighted by molar-refractivity contribution is -0.0974. The number of ether oxygens (including phenoxy) is 2. The van der Waals surface area contributed by atoms with Gasteiger partial charge in [0.15, 0.2) is 6.29 Å². The summed E-state index contributed by atoms with van der Waals surface area (Å²) in [4.78, 5) is 23.7. The van der Waals surface area contributed by atoms with Gasteiger partial charge in [0.2, 0.25) is 0 Å². The number of fused-ring (bicyclic) bond motifs is 1. The summed E-state index contributed by atoms with van der Waals surface area (Å²) in [5, 5.41) is 3.24. The average Bonchev–Trinajstić information content (AvgIpc) is 2.47. The molecule has 1 amide bonds. The van der Waals surface area contributed by atoms with Gasteiger partial charge >= 0.3 is 5.63 Å². The molecule has 0 spiro atoms. The van der Waals surface area contributed by atoms with E-state index in [2.05, 4.69) is 5.32 Å². The molecule has 1 aromatic heterocycles. The topological polar surface area (TPSA) is 77.8 Å². The Labute approximate surface area is 115 Å². The van der Waals surface area contributed by atoms with Gasteiger partial charge in [0.1, 0.15) is 11.1 Å². The molecule has 20 heavy (non-hydrogen) atoms. The van der Waals surface area contributed by atoms with Crippen molar-refractivity contribution in [2.24, 2.45) is 0 Å². The van der Waals surface area contributed by atoms with E-state index in [1.54, 1.807) is 24.3 Å². The maximum Gasteiger partial charge on any atom is 0.349 e. The summed E-state index contributed by atoms with van der Waals surface area (Å²) in [7, 11) is 2.93. The molecule has 0 saturated carbocycles. The molecule has 0 aliphatic rings. The van der Waals surface area contributed by atoms with Crippen molar-refractivity contribution in [3.8, 4) is 0 Å². The van der Waals surface area contributed by atoms with Gasteiger partial charge in [-0.25, -0.2) is 4.79 Å². The summed E-state index contributed by atoms with van der Waals surface area (Å²) in [6.07, 6.45) is -0.563. The number of rotatable bonds is 5. The molecule has 0 aliphatic heterocycles. The number of carbonyl (C=O) groups excluding carboxylic acids is 1. The Morgan fingerprint density at radius 2 is 2.00 bits per heavy atom. The van der Waals surface area contributed by atoms with Crippen LogP contribution in [0.15, 0.2) is 39.5 Å². The van der Waals surface area contributed by atoms with E-state index in [9.17, 15) is 9.59 Å². The largest absolute Gasteiger partial charge is 0.422 e. The van der Waals surface area contributed by atoms with Crippen LogP contribution in [0.3, 0.4) is 0 Å². The summed E-state index contributed by atoms with van der Waals surface area (Å²) < 4.78 is 15.0. The van der Waals surface area contributed by atoms with E-state index in [0.29, 0.717) is 11.0 Å². The molecule has 0 radical (unpaired) electrons. The van der Waals surface area contributed by atoms with E-state index < -0.39 is 17.8 Å². The molecule has 0 bridgehead atoms. The number of benzene rings is 1. The molecule has 1 heterocycles. The molecule has 0 saturated heterocycles. The first-order valence-corrected chi connectivity index (χ1v) is 6.02. The van der Waals surface area contributed by atoms with Crippen LogP contribution < -0.4 is 10.9 Å². The van der Waals surface area contributed by atoms with Crippen molar-refractivity contribution in [2.45, 2.75) is 6.29 Å². The Hall–Kier alpha value is -2.18. The quantitative estimate of drug-likeness (QED) is 0.655. The predicted octanol–water partition coefficient (Wildman–Crippen LogP) is 1.14. The van der Waals surface area contributed by atoms with Gasteiger partial charge in [-0.15, -0.1) is 0 Å². The third kappa shape index (κ3) is 3.04. The molecule has 6 heteroatoms. The van der Waals surface area contributed by atoms with E-state index in [0.717, 1.165) is 0 Å². The van der Waals surface area contributed by atoms with Crippen LogP contribution in [0, 0.1) is 0 Å². The maximum absolute atomic E-state index is 12.0. The number of para-hydroxylation sites is 1. The van der Waals surface area contributed by atoms with E-state index in [1.807, 2.05) is 0 Å². The van der Waals surface area contributed by atoms with E-state index in [1.165, 1.54) is 20.3 Å². The first-order chi connectivity index (χ1) is 9.65. The molecular formula is C14H15NO5. The zero-order chi connectivity index (χ0) is 14.5. The van der Waals surface area contributed by atoms with Crippen LogP contribution in [0.4, 0.5) is 0 Å². The van der Waals surface area contributed by atoms with Gasteiger partial charge in [-0.3, -0.25) is 4.79 Å². The standard InChI is InChI=1S/C14H15NO5/c1-18-12(19-2)8-15-13(16)10-7-9-5-3-4-6-11(9)20-14(10)17/h3-7,12H,8H2,1-2H3,(H,15,16). The number of methoxy groups -OCH3 is 2. The third-order valence-corrected chi connectivity index (χ3v) is 2.84. The molecule has 0 unspecified atom stereocenters. The van der Waals surface area contributed by atoms with E-state index in [-0.39, 0.29) is 12.1 Å². The fraction of sp³-hybridized carbons (Fsp3) is 0.286. The number of amides is 1. The second kappa shape index (κ2) is 6.31. The normalized spacial score (nSPS) is 10.9. The number of hydrogen-bond donors (Lipinski definition) is 1. The fourth-order valence-corrected chi connectivity index (χ4v) is 1.75. The zero-order valence-corrected chi connectivity index (χ0v) is 11.2. The van der Waals surface area contributed by atoms with Crippen molar-refractivity contribution < 1.29 is 18.7 Å². The smallest absolute Gasteiger partial charge is 0.349 e. The summed E-state index contributed by atoms with van der Waals surface area (Å²) in [6.45, 7) is 0.137. The van der Waals surface area contributed by atoms with E-state index in [4.69, 9.17) is 13.9 Å². The summed E-state index contributed by atoms with van der Waals surface area (Å²) >= 11 is 0. The number of nitrogens with one attached hydrogen (secondary N) is 1. The minimum Gasteiger partial charge on any atom is -0.422 e. The van der Waals surface area contributed by atoms with Crippen molar-refractivity contribution in [3.05, 3.63) is 46.3 Å². The highest BCUT2D eigenvalue weighted by Gasteiger charge is 2.15. The van der Waals surface area contributed by atoms with Gasteiger partial charge in [0.25, 0.3) is 5.91 Å². The third-order valence-electron chi connectivity index (χ3n) is 2.84. The lowest BCUT2D eigenvalue weighted by Gasteiger charge is -2.13. The average molecular weight is 277 g/mol. The minimum atomic E-state index is -0.674. The van der Waals surface area contributed by atoms with Gasteiger partial charge < -0.3 is 19.2 Å². The molecule has 1 N–H and O–H groups in total. The Kier molecular flexibility index (Phi) is 4.49. The molecule has 2 rings (SSSR count). The molecule has 0 fully saturated rings. The van der Waals surface area contributed by atoms with E-state index >= 15 is 0 Å². The van der Waals surface area contributed by atoms with Gasteiger partial charge in [-0.1, -0.05) is 18.2 Å². The molecule has 2 aromatic rings. The summed E-state index contributed by atoms with van der Waals surface area (Å²) in [5.41, 5.74) is -0.275. The van der Waals surface area contributed by atoms with Gasteiger partial charge in [0, 0.05) is 19.6 Å². The van der Waals surface area contributed by atoms with Crippen LogP contribution >= 0.6 is 0 Å². The fourth-order valence-electron chi connectivity index (χ4n) is 1.75. The van der Waals surface area contributed by atoms with Gasteiger partial charge in [-0.2, -0.15) is 0 Å². The maximum atomic E-state index is 12.0. The predicted molar refractivity (Wildman–Crippen MR) is 72.6 cm³/mol. The van der Waals surface area contributed by atoms with Crippen LogP contribution in [-0.2, 0) is 9.47 Å². The lowest BCUT2D eigenvalue weighted by atomic mass is 10.2. The first kappa shape index (κ1) is 14.2. The van der Waals surface area contributed by atoms with Gasteiger partial charge in [0.05, 0.1) is 6.54 Å². The Morgan fingerprint density at radius 3 is 2.70 bits per heavy atom. The SMILES string of the molecule is COC(CNC(=O)c1cc2ccccc2oc1=O)OC. The zero-order valence-electron chi connectivity index (χ0n) is 11.2. The second-order valence-corrected chi connectivity index (χ2v) is 4.10. The van der Waals surface area contributed by atoms with Crippen molar-refractivity contribution in [1.29, 1.82) is 0 Å².